The summed E-state index contributed by atoms with van der Waals surface area (Å²) < 4.78 is 0. The lowest BCUT2D eigenvalue weighted by molar-refractivity contribution is -0.137. The molecule has 0 radical (unpaired) electrons. The summed E-state index contributed by atoms with van der Waals surface area (Å²) >= 11 is 0. The molecule has 0 saturated carbocycles. The van der Waals surface area contributed by atoms with E-state index in [1.54, 1.807) is 0 Å². The van der Waals surface area contributed by atoms with Gasteiger partial charge in [-0.15, -0.1) is 0 Å². The molecule has 5 rings (SSSR count). The van der Waals surface area contributed by atoms with Crippen LogP contribution in [0.25, 0.3) is 10.9 Å². The van der Waals surface area contributed by atoms with Gasteiger partial charge in [-0.1, -0.05) is 12.1 Å². The Morgan fingerprint density at radius 2 is 1.76 bits per heavy atom. The van der Waals surface area contributed by atoms with Crippen molar-refractivity contribution in [1.29, 1.82) is 0 Å². The topological polar surface area (TPSA) is 68.8 Å². The molecule has 0 aliphatic carbocycles. The molecule has 7 nitrogen and oxygen atoms in total. The Kier molecular flexibility index (Phi) is 7.04. The highest BCUT2D eigenvalue weighted by atomic mass is 16.2. The van der Waals surface area contributed by atoms with Gasteiger partial charge in [0.25, 0.3) is 0 Å². The summed E-state index contributed by atoms with van der Waals surface area (Å²) in [5, 5.41) is 3.89. The number of hydrogen-bond donors (Lipinski definition) is 1. The Balaban J connectivity index is 1.20. The number of anilines is 3. The van der Waals surface area contributed by atoms with Crippen molar-refractivity contribution >= 4 is 39.9 Å². The number of carbonyl (C=O) groups is 2. The summed E-state index contributed by atoms with van der Waals surface area (Å²) in [6.45, 7) is 12.0. The second-order valence-electron chi connectivity index (χ2n) is 10.6. The molecule has 7 heteroatoms. The molecule has 2 aromatic carbocycles. The number of aryl methyl sites for hydroxylation is 2. The van der Waals surface area contributed by atoms with Crippen LogP contribution in [0.15, 0.2) is 48.5 Å². The molecule has 2 amide bonds. The van der Waals surface area contributed by atoms with Gasteiger partial charge in [0.15, 0.2) is 0 Å². The molecule has 2 saturated heterocycles. The number of piperidine rings is 1. The van der Waals surface area contributed by atoms with E-state index in [1.165, 1.54) is 18.2 Å². The molecule has 0 bridgehead atoms. The van der Waals surface area contributed by atoms with Crippen molar-refractivity contribution in [3.8, 4) is 0 Å². The van der Waals surface area contributed by atoms with E-state index in [2.05, 4.69) is 71.1 Å². The molecule has 2 aliphatic rings. The maximum absolute atomic E-state index is 13.4. The highest BCUT2D eigenvalue weighted by molar-refractivity contribution is 5.93. The van der Waals surface area contributed by atoms with Crippen LogP contribution in [-0.2, 0) is 9.59 Å². The number of piperazine rings is 1. The molecule has 2 aliphatic heterocycles. The molecule has 1 N–H and O–H groups in total. The second-order valence-corrected chi connectivity index (χ2v) is 10.6. The molecule has 3 aromatic rings. The van der Waals surface area contributed by atoms with Crippen molar-refractivity contribution in [3.63, 3.8) is 0 Å². The molecular weight excluding hydrogens is 462 g/mol. The standard InChI is InChI=1S/C30H37N5O2/c1-20-6-5-7-26(16-20)35-15-14-34(19-22(35)3)30(37)24-10-12-33(13-11-24)29-17-21(2)27-18-25(31-23(4)36)8-9-28(27)32-29/h5-9,16-18,22,24H,10-15,19H2,1-4H3,(H,31,36)/t22-/m0/s1. The number of benzene rings is 2. The van der Waals surface area contributed by atoms with Gasteiger partial charge in [0, 0.05) is 68.4 Å². The number of nitrogens with zero attached hydrogens (tertiary/aromatic N) is 4. The molecule has 1 aromatic heterocycles. The number of pyridine rings is 1. The van der Waals surface area contributed by atoms with Crippen LogP contribution < -0.4 is 15.1 Å². The lowest BCUT2D eigenvalue weighted by Crippen LogP contribution is -2.55. The van der Waals surface area contributed by atoms with Crippen LogP contribution in [0.3, 0.4) is 0 Å². The molecular formula is C30H37N5O2. The number of fused-ring (bicyclic) bond motifs is 1. The normalized spacial score (nSPS) is 18.8. The average molecular weight is 500 g/mol. The van der Waals surface area contributed by atoms with Crippen molar-refractivity contribution < 1.29 is 9.59 Å². The van der Waals surface area contributed by atoms with Gasteiger partial charge >= 0.3 is 0 Å². The van der Waals surface area contributed by atoms with Crippen LogP contribution >= 0.6 is 0 Å². The van der Waals surface area contributed by atoms with Gasteiger partial charge in [-0.25, -0.2) is 4.98 Å². The fourth-order valence-electron chi connectivity index (χ4n) is 5.78. The molecule has 0 unspecified atom stereocenters. The number of rotatable bonds is 4. The fourth-order valence-corrected chi connectivity index (χ4v) is 5.78. The number of nitrogens with one attached hydrogen (secondary N) is 1. The van der Waals surface area contributed by atoms with Gasteiger partial charge in [0.1, 0.15) is 5.82 Å². The van der Waals surface area contributed by atoms with Crippen molar-refractivity contribution in [3.05, 3.63) is 59.7 Å². The van der Waals surface area contributed by atoms with E-state index >= 15 is 0 Å². The average Bonchev–Trinajstić information content (AvgIpc) is 2.88. The van der Waals surface area contributed by atoms with E-state index in [9.17, 15) is 9.59 Å². The summed E-state index contributed by atoms with van der Waals surface area (Å²) in [6.07, 6.45) is 1.71. The molecule has 194 valence electrons. The summed E-state index contributed by atoms with van der Waals surface area (Å²) in [7, 11) is 0. The Hall–Kier alpha value is -3.61. The first-order valence-electron chi connectivity index (χ1n) is 13.3. The quantitative estimate of drug-likeness (QED) is 0.560. The van der Waals surface area contributed by atoms with Gasteiger partial charge in [-0.2, -0.15) is 0 Å². The van der Waals surface area contributed by atoms with E-state index in [0.717, 1.165) is 73.5 Å². The molecule has 37 heavy (non-hydrogen) atoms. The maximum Gasteiger partial charge on any atom is 0.225 e. The minimum absolute atomic E-state index is 0.0794. The molecule has 0 spiro atoms. The SMILES string of the molecule is CC(=O)Nc1ccc2nc(N3CCC(C(=O)N4CCN(c5cccc(C)c5)[C@@H](C)C4)CC3)cc(C)c2c1. The van der Waals surface area contributed by atoms with E-state index in [4.69, 9.17) is 4.98 Å². The van der Waals surface area contributed by atoms with Crippen LogP contribution in [0.2, 0.25) is 0 Å². The van der Waals surface area contributed by atoms with Gasteiger partial charge in [0.2, 0.25) is 11.8 Å². The Labute approximate surface area is 219 Å². The predicted molar refractivity (Wildman–Crippen MR) is 150 cm³/mol. The highest BCUT2D eigenvalue weighted by Crippen LogP contribution is 2.29. The second kappa shape index (κ2) is 10.4. The van der Waals surface area contributed by atoms with Crippen molar-refractivity contribution in [2.24, 2.45) is 5.92 Å². The summed E-state index contributed by atoms with van der Waals surface area (Å²) in [6, 6.07) is 16.9. The first kappa shape index (κ1) is 25.1. The van der Waals surface area contributed by atoms with Crippen LogP contribution in [0.1, 0.15) is 37.8 Å². The zero-order chi connectivity index (χ0) is 26.1. The van der Waals surface area contributed by atoms with Crippen LogP contribution in [0, 0.1) is 19.8 Å². The lowest BCUT2D eigenvalue weighted by atomic mass is 9.94. The molecule has 3 heterocycles. The Morgan fingerprint density at radius 3 is 2.46 bits per heavy atom. The number of carbonyl (C=O) groups excluding carboxylic acids is 2. The third-order valence-corrected chi connectivity index (χ3v) is 7.76. The zero-order valence-electron chi connectivity index (χ0n) is 22.3. The third kappa shape index (κ3) is 5.41. The summed E-state index contributed by atoms with van der Waals surface area (Å²) in [5.41, 5.74) is 5.35. The smallest absolute Gasteiger partial charge is 0.225 e. The minimum atomic E-state index is -0.0818. The zero-order valence-corrected chi connectivity index (χ0v) is 22.3. The maximum atomic E-state index is 13.4. The van der Waals surface area contributed by atoms with Gasteiger partial charge in [-0.3, -0.25) is 9.59 Å². The lowest BCUT2D eigenvalue weighted by Gasteiger charge is -2.43. The van der Waals surface area contributed by atoms with E-state index in [0.29, 0.717) is 11.9 Å². The minimum Gasteiger partial charge on any atom is -0.365 e. The third-order valence-electron chi connectivity index (χ3n) is 7.76. The van der Waals surface area contributed by atoms with E-state index in [-0.39, 0.29) is 11.8 Å². The molecule has 1 atom stereocenters. The summed E-state index contributed by atoms with van der Waals surface area (Å²) in [5.74, 6) is 1.27. The first-order valence-corrected chi connectivity index (χ1v) is 13.3. The van der Waals surface area contributed by atoms with Crippen LogP contribution in [0.4, 0.5) is 17.2 Å². The van der Waals surface area contributed by atoms with Gasteiger partial charge in [0.05, 0.1) is 5.52 Å². The van der Waals surface area contributed by atoms with Crippen LogP contribution in [-0.4, -0.2) is 60.5 Å². The number of hydrogen-bond acceptors (Lipinski definition) is 5. The summed E-state index contributed by atoms with van der Waals surface area (Å²) in [4.78, 5) is 36.5. The largest absolute Gasteiger partial charge is 0.365 e. The monoisotopic (exact) mass is 499 g/mol. The van der Waals surface area contributed by atoms with Gasteiger partial charge < -0.3 is 20.0 Å². The first-order chi connectivity index (χ1) is 17.8. The number of aromatic nitrogens is 1. The Morgan fingerprint density at radius 1 is 0.973 bits per heavy atom. The van der Waals surface area contributed by atoms with Crippen LogP contribution in [0.5, 0.6) is 0 Å². The number of amides is 2. The Bertz CT molecular complexity index is 1310. The molecule has 2 fully saturated rings. The van der Waals surface area contributed by atoms with E-state index < -0.39 is 0 Å². The van der Waals surface area contributed by atoms with Gasteiger partial charge in [-0.05, 0) is 81.1 Å². The predicted octanol–water partition coefficient (Wildman–Crippen LogP) is 4.76. The van der Waals surface area contributed by atoms with E-state index in [1.807, 2.05) is 18.2 Å². The van der Waals surface area contributed by atoms with Crippen molar-refractivity contribution in [2.45, 2.75) is 46.6 Å². The highest BCUT2D eigenvalue weighted by Gasteiger charge is 2.33. The van der Waals surface area contributed by atoms with Crippen molar-refractivity contribution in [2.75, 3.05) is 47.8 Å². The van der Waals surface area contributed by atoms with Crippen molar-refractivity contribution in [1.82, 2.24) is 9.88 Å². The fraction of sp³-hybridized carbons (Fsp3) is 0.433.